The quantitative estimate of drug-likeness (QED) is 0.496. The van der Waals surface area contributed by atoms with Gasteiger partial charge in [0.15, 0.2) is 0 Å². The number of hydrogen-bond donors (Lipinski definition) is 2. The van der Waals surface area contributed by atoms with Gasteiger partial charge in [-0.05, 0) is 60.9 Å². The number of nitrogens with one attached hydrogen (secondary N) is 1. The largest absolute Gasteiger partial charge is 0.507 e. The number of hydrogen-bond acceptors (Lipinski definition) is 4. The number of nitrogens with zero attached hydrogens (tertiary/aromatic N) is 2. The van der Waals surface area contributed by atoms with Crippen LogP contribution in [-0.4, -0.2) is 26.1 Å². The van der Waals surface area contributed by atoms with Crippen LogP contribution in [0.25, 0.3) is 11.3 Å². The van der Waals surface area contributed by atoms with Crippen molar-refractivity contribution >= 4 is 5.91 Å². The molecule has 0 saturated heterocycles. The molecular weight excluding hydrogens is 397 g/mol. The monoisotopic (exact) mass is 417 g/mol. The molecule has 1 unspecified atom stereocenters. The van der Waals surface area contributed by atoms with Crippen molar-refractivity contribution in [1.82, 2.24) is 15.1 Å². The van der Waals surface area contributed by atoms with E-state index in [1.165, 1.54) is 12.1 Å². The van der Waals surface area contributed by atoms with E-state index >= 15 is 0 Å². The lowest BCUT2D eigenvalue weighted by atomic mass is 9.93. The van der Waals surface area contributed by atoms with Gasteiger partial charge in [0, 0.05) is 11.1 Å². The van der Waals surface area contributed by atoms with Gasteiger partial charge < -0.3 is 14.4 Å². The van der Waals surface area contributed by atoms with Crippen molar-refractivity contribution in [2.45, 2.75) is 26.4 Å². The van der Waals surface area contributed by atoms with Crippen molar-refractivity contribution in [2.24, 2.45) is 0 Å². The Bertz CT molecular complexity index is 1250. The van der Waals surface area contributed by atoms with Crippen LogP contribution < -0.4 is 0 Å². The van der Waals surface area contributed by atoms with E-state index in [0.717, 1.165) is 16.7 Å². The van der Waals surface area contributed by atoms with E-state index < -0.39 is 6.04 Å². The topological polar surface area (TPSA) is 82.4 Å². The summed E-state index contributed by atoms with van der Waals surface area (Å²) in [5.41, 5.74) is 4.61. The lowest BCUT2D eigenvalue weighted by Gasteiger charge is -2.25. The molecule has 7 heteroatoms. The Kier molecular flexibility index (Phi) is 4.39. The molecule has 1 atom stereocenters. The number of benzene rings is 2. The molecule has 0 bridgehead atoms. The van der Waals surface area contributed by atoms with Gasteiger partial charge in [0.25, 0.3) is 5.91 Å². The number of aromatic nitrogens is 2. The standard InChI is InChI=1S/C24H20FN3O3/c1-13-10-14(2)19(18(29)11-13)21-20-22(27-26-21)24(30)28(12-17-4-3-9-31-17)23(20)15-5-7-16(25)8-6-15/h3-11,23,29H,12H2,1-2H3,(H,26,27). The average Bonchev–Trinajstić information content (AvgIpc) is 3.43. The summed E-state index contributed by atoms with van der Waals surface area (Å²) >= 11 is 0. The van der Waals surface area contributed by atoms with Crippen LogP contribution >= 0.6 is 0 Å². The molecule has 2 aromatic heterocycles. The van der Waals surface area contributed by atoms with Crippen LogP contribution in [0.5, 0.6) is 5.75 Å². The first kappa shape index (κ1) is 19.1. The number of fused-ring (bicyclic) bond motifs is 1. The summed E-state index contributed by atoms with van der Waals surface area (Å²) < 4.78 is 19.1. The molecule has 2 N–H and O–H groups in total. The van der Waals surface area contributed by atoms with E-state index in [-0.39, 0.29) is 24.0 Å². The Hall–Kier alpha value is -3.87. The third-order valence-electron chi connectivity index (χ3n) is 5.65. The van der Waals surface area contributed by atoms with E-state index in [4.69, 9.17) is 4.42 Å². The predicted octanol–water partition coefficient (Wildman–Crippen LogP) is 4.88. The molecule has 0 aliphatic carbocycles. The predicted molar refractivity (Wildman–Crippen MR) is 112 cm³/mol. The van der Waals surface area contributed by atoms with Gasteiger partial charge in [-0.15, -0.1) is 0 Å². The minimum absolute atomic E-state index is 0.0987. The molecule has 1 aliphatic rings. The van der Waals surface area contributed by atoms with Crippen LogP contribution in [0.2, 0.25) is 0 Å². The van der Waals surface area contributed by atoms with Gasteiger partial charge in [-0.1, -0.05) is 18.2 Å². The van der Waals surface area contributed by atoms with Gasteiger partial charge in [0.2, 0.25) is 0 Å². The number of aromatic amines is 1. The first-order valence-electron chi connectivity index (χ1n) is 9.91. The number of halogens is 1. The SMILES string of the molecule is Cc1cc(C)c(-c2n[nH]c3c2C(c2ccc(F)cc2)N(Cc2ccco2)C3=O)c(O)c1. The molecule has 1 amide bonds. The van der Waals surface area contributed by atoms with Gasteiger partial charge >= 0.3 is 0 Å². The molecule has 0 saturated carbocycles. The molecule has 6 nitrogen and oxygen atoms in total. The normalized spacial score (nSPS) is 15.5. The van der Waals surface area contributed by atoms with Crippen molar-refractivity contribution in [3.05, 3.63) is 94.3 Å². The van der Waals surface area contributed by atoms with Gasteiger partial charge in [-0.2, -0.15) is 5.10 Å². The Morgan fingerprint density at radius 1 is 1.19 bits per heavy atom. The molecule has 2 aromatic carbocycles. The molecule has 3 heterocycles. The molecule has 0 radical (unpaired) electrons. The zero-order valence-electron chi connectivity index (χ0n) is 17.0. The highest BCUT2D eigenvalue weighted by atomic mass is 19.1. The highest BCUT2D eigenvalue weighted by Gasteiger charge is 2.43. The molecule has 0 spiro atoms. The van der Waals surface area contributed by atoms with E-state index in [0.29, 0.717) is 28.3 Å². The zero-order valence-corrected chi connectivity index (χ0v) is 17.0. The second kappa shape index (κ2) is 7.12. The van der Waals surface area contributed by atoms with Gasteiger partial charge in [-0.3, -0.25) is 9.89 Å². The van der Waals surface area contributed by atoms with Gasteiger partial charge in [0.1, 0.15) is 28.7 Å². The van der Waals surface area contributed by atoms with Crippen LogP contribution in [0.1, 0.15) is 44.5 Å². The lowest BCUT2D eigenvalue weighted by Crippen LogP contribution is -2.29. The van der Waals surface area contributed by atoms with Crippen molar-refractivity contribution in [3.8, 4) is 17.0 Å². The summed E-state index contributed by atoms with van der Waals surface area (Å²) in [4.78, 5) is 15.0. The number of H-pyrrole nitrogens is 1. The van der Waals surface area contributed by atoms with E-state index in [2.05, 4.69) is 10.2 Å². The third-order valence-corrected chi connectivity index (χ3v) is 5.65. The number of phenolic OH excluding ortho intramolecular Hbond substituents is 1. The average molecular weight is 417 g/mol. The number of aromatic hydroxyl groups is 1. The highest BCUT2D eigenvalue weighted by molar-refractivity contribution is 6.00. The first-order chi connectivity index (χ1) is 14.9. The van der Waals surface area contributed by atoms with Crippen molar-refractivity contribution < 1.29 is 18.7 Å². The fourth-order valence-corrected chi connectivity index (χ4v) is 4.37. The van der Waals surface area contributed by atoms with E-state index in [9.17, 15) is 14.3 Å². The maximum Gasteiger partial charge on any atom is 0.273 e. The molecule has 156 valence electrons. The summed E-state index contributed by atoms with van der Waals surface area (Å²) in [7, 11) is 0. The Labute approximate surface area is 177 Å². The summed E-state index contributed by atoms with van der Waals surface area (Å²) in [6.07, 6.45) is 1.56. The Balaban J connectivity index is 1.70. The number of carbonyl (C=O) groups is 1. The summed E-state index contributed by atoms with van der Waals surface area (Å²) in [5.74, 6) is 0.144. The van der Waals surface area contributed by atoms with Crippen LogP contribution in [-0.2, 0) is 6.54 Å². The molecule has 0 fully saturated rings. The second-order valence-electron chi connectivity index (χ2n) is 7.80. The van der Waals surface area contributed by atoms with Gasteiger partial charge in [0.05, 0.1) is 18.8 Å². The fourth-order valence-electron chi connectivity index (χ4n) is 4.37. The van der Waals surface area contributed by atoms with Crippen LogP contribution in [0.4, 0.5) is 4.39 Å². The lowest BCUT2D eigenvalue weighted by molar-refractivity contribution is 0.0717. The van der Waals surface area contributed by atoms with E-state index in [1.54, 1.807) is 41.5 Å². The first-order valence-corrected chi connectivity index (χ1v) is 9.91. The Morgan fingerprint density at radius 2 is 1.97 bits per heavy atom. The number of amides is 1. The van der Waals surface area contributed by atoms with Crippen LogP contribution in [0.15, 0.2) is 59.2 Å². The third kappa shape index (κ3) is 3.09. The molecular formula is C24H20FN3O3. The smallest absolute Gasteiger partial charge is 0.273 e. The minimum Gasteiger partial charge on any atom is -0.507 e. The van der Waals surface area contributed by atoms with Crippen molar-refractivity contribution in [1.29, 1.82) is 0 Å². The summed E-state index contributed by atoms with van der Waals surface area (Å²) in [6, 6.07) is 12.8. The van der Waals surface area contributed by atoms with Crippen molar-refractivity contribution in [3.63, 3.8) is 0 Å². The maximum absolute atomic E-state index is 13.6. The number of furan rings is 1. The maximum atomic E-state index is 13.6. The van der Waals surface area contributed by atoms with Gasteiger partial charge in [-0.25, -0.2) is 4.39 Å². The highest BCUT2D eigenvalue weighted by Crippen LogP contribution is 2.46. The number of phenols is 1. The molecule has 5 rings (SSSR count). The minimum atomic E-state index is -0.512. The summed E-state index contributed by atoms with van der Waals surface area (Å²) in [5, 5.41) is 18.0. The van der Waals surface area contributed by atoms with Crippen molar-refractivity contribution in [2.75, 3.05) is 0 Å². The number of rotatable bonds is 4. The second-order valence-corrected chi connectivity index (χ2v) is 7.80. The molecule has 1 aliphatic heterocycles. The van der Waals surface area contributed by atoms with Crippen LogP contribution in [0.3, 0.4) is 0 Å². The zero-order chi connectivity index (χ0) is 21.7. The molecule has 4 aromatic rings. The Morgan fingerprint density at radius 3 is 2.65 bits per heavy atom. The number of carbonyl (C=O) groups excluding carboxylic acids is 1. The summed E-state index contributed by atoms with van der Waals surface area (Å²) in [6.45, 7) is 4.05. The fraction of sp³-hybridized carbons (Fsp3) is 0.167. The van der Waals surface area contributed by atoms with E-state index in [1.807, 2.05) is 19.9 Å². The van der Waals surface area contributed by atoms with Crippen LogP contribution in [0, 0.1) is 19.7 Å². The molecule has 31 heavy (non-hydrogen) atoms. The number of aryl methyl sites for hydroxylation is 2.